The second-order valence-electron chi connectivity index (χ2n) is 6.90. The third-order valence-electron chi connectivity index (χ3n) is 4.41. The van der Waals surface area contributed by atoms with Gasteiger partial charge in [-0.15, -0.1) is 10.2 Å². The number of hydrogen-bond acceptors (Lipinski definition) is 6. The third kappa shape index (κ3) is 5.37. The molecule has 0 aliphatic carbocycles. The summed E-state index contributed by atoms with van der Waals surface area (Å²) in [6.45, 7) is 1.29. The summed E-state index contributed by atoms with van der Waals surface area (Å²) in [5.41, 5.74) is 2.86. The number of carbonyl (C=O) groups excluding carboxylic acids is 2. The first kappa shape index (κ1) is 20.8. The average Bonchev–Trinajstić information content (AvgIpc) is 3.30. The predicted octanol–water partition coefficient (Wildman–Crippen LogP) is 4.38. The Morgan fingerprint density at radius 2 is 1.34 bits per heavy atom. The number of nitrogens with one attached hydrogen (secondary N) is 2. The molecule has 0 fully saturated rings. The molecular weight excluding hydrogens is 408 g/mol. The number of nitrogens with zero attached hydrogens (tertiary/aromatic N) is 2. The Morgan fingerprint density at radius 3 is 1.94 bits per heavy atom. The van der Waals surface area contributed by atoms with Crippen LogP contribution in [0, 0.1) is 0 Å². The fraction of sp³-hybridized carbons (Fsp3) is 0.0833. The van der Waals surface area contributed by atoms with Crippen molar-refractivity contribution in [2.24, 2.45) is 0 Å². The minimum absolute atomic E-state index is 0.147. The topological polar surface area (TPSA) is 106 Å². The zero-order valence-corrected chi connectivity index (χ0v) is 17.2. The Hall–Kier alpha value is -4.46. The van der Waals surface area contributed by atoms with Gasteiger partial charge in [0.2, 0.25) is 17.7 Å². The molecule has 0 aliphatic rings. The van der Waals surface area contributed by atoms with Crippen molar-refractivity contribution < 1.29 is 18.7 Å². The molecule has 0 spiro atoms. The fourth-order valence-electron chi connectivity index (χ4n) is 2.92. The standard InChI is InChI=1S/C24H20N4O4/c1-16(29)25-19-9-11-20(12-10-19)26-22(30)15-31-21-13-7-18(8-14-21)24-28-27-23(32-24)17-5-3-2-4-6-17/h2-14H,15H2,1H3,(H,25,29)(H,26,30). The van der Waals surface area contributed by atoms with Crippen LogP contribution in [0.2, 0.25) is 0 Å². The van der Waals surface area contributed by atoms with E-state index in [9.17, 15) is 9.59 Å². The number of amides is 2. The van der Waals surface area contributed by atoms with Crippen LogP contribution in [0.5, 0.6) is 5.75 Å². The van der Waals surface area contributed by atoms with Crippen LogP contribution in [-0.4, -0.2) is 28.6 Å². The molecule has 0 atom stereocenters. The molecule has 0 saturated heterocycles. The van der Waals surface area contributed by atoms with Crippen LogP contribution < -0.4 is 15.4 Å². The van der Waals surface area contributed by atoms with Crippen molar-refractivity contribution in [3.05, 3.63) is 78.9 Å². The highest BCUT2D eigenvalue weighted by Gasteiger charge is 2.11. The van der Waals surface area contributed by atoms with E-state index in [1.54, 1.807) is 48.5 Å². The lowest BCUT2D eigenvalue weighted by Crippen LogP contribution is -2.20. The molecule has 0 radical (unpaired) electrons. The van der Waals surface area contributed by atoms with E-state index in [0.29, 0.717) is 28.9 Å². The second kappa shape index (κ2) is 9.57. The SMILES string of the molecule is CC(=O)Nc1ccc(NC(=O)COc2ccc(-c3nnc(-c4ccccc4)o3)cc2)cc1. The van der Waals surface area contributed by atoms with Crippen LogP contribution in [0.4, 0.5) is 11.4 Å². The lowest BCUT2D eigenvalue weighted by atomic mass is 10.2. The van der Waals surface area contributed by atoms with Crippen LogP contribution in [0.1, 0.15) is 6.92 Å². The first-order valence-electron chi connectivity index (χ1n) is 9.86. The average molecular weight is 428 g/mol. The maximum atomic E-state index is 12.1. The van der Waals surface area contributed by atoms with Crippen molar-refractivity contribution in [1.29, 1.82) is 0 Å². The fourth-order valence-corrected chi connectivity index (χ4v) is 2.92. The minimum atomic E-state index is -0.300. The number of rotatable bonds is 7. The summed E-state index contributed by atoms with van der Waals surface area (Å²) in [4.78, 5) is 23.2. The molecule has 0 unspecified atom stereocenters. The number of carbonyl (C=O) groups is 2. The Bertz CT molecular complexity index is 1200. The minimum Gasteiger partial charge on any atom is -0.484 e. The number of aromatic nitrogens is 2. The summed E-state index contributed by atoms with van der Waals surface area (Å²) >= 11 is 0. The summed E-state index contributed by atoms with van der Waals surface area (Å²) in [6.07, 6.45) is 0. The van der Waals surface area contributed by atoms with Crippen LogP contribution in [-0.2, 0) is 9.59 Å². The lowest BCUT2D eigenvalue weighted by Gasteiger charge is -2.09. The van der Waals surface area contributed by atoms with E-state index in [1.807, 2.05) is 30.3 Å². The Kier molecular flexibility index (Phi) is 6.22. The molecule has 3 aromatic carbocycles. The van der Waals surface area contributed by atoms with Crippen LogP contribution in [0.25, 0.3) is 22.9 Å². The zero-order chi connectivity index (χ0) is 22.3. The smallest absolute Gasteiger partial charge is 0.262 e. The van der Waals surface area contributed by atoms with Gasteiger partial charge in [-0.3, -0.25) is 9.59 Å². The Balaban J connectivity index is 1.31. The van der Waals surface area contributed by atoms with Crippen molar-refractivity contribution in [2.75, 3.05) is 17.2 Å². The van der Waals surface area contributed by atoms with Crippen molar-refractivity contribution >= 4 is 23.2 Å². The largest absolute Gasteiger partial charge is 0.484 e. The number of benzene rings is 3. The molecule has 8 heteroatoms. The van der Waals surface area contributed by atoms with E-state index >= 15 is 0 Å². The third-order valence-corrected chi connectivity index (χ3v) is 4.41. The van der Waals surface area contributed by atoms with Gasteiger partial charge in [-0.2, -0.15) is 0 Å². The van der Waals surface area contributed by atoms with Crippen LogP contribution in [0.3, 0.4) is 0 Å². The molecule has 1 aromatic heterocycles. The molecule has 2 N–H and O–H groups in total. The van der Waals surface area contributed by atoms with E-state index < -0.39 is 0 Å². The second-order valence-corrected chi connectivity index (χ2v) is 6.90. The Morgan fingerprint density at radius 1 is 0.781 bits per heavy atom. The first-order valence-corrected chi connectivity index (χ1v) is 9.86. The van der Waals surface area contributed by atoms with Gasteiger partial charge >= 0.3 is 0 Å². The summed E-state index contributed by atoms with van der Waals surface area (Å²) in [7, 11) is 0. The molecule has 1 heterocycles. The first-order chi connectivity index (χ1) is 15.6. The van der Waals surface area contributed by atoms with Gasteiger partial charge in [-0.1, -0.05) is 18.2 Å². The van der Waals surface area contributed by atoms with Crippen LogP contribution in [0.15, 0.2) is 83.3 Å². The number of hydrogen-bond donors (Lipinski definition) is 2. The van der Waals surface area contributed by atoms with E-state index in [2.05, 4.69) is 20.8 Å². The van der Waals surface area contributed by atoms with Gasteiger partial charge in [0.1, 0.15) is 5.75 Å². The van der Waals surface area contributed by atoms with Gasteiger partial charge in [-0.05, 0) is 60.7 Å². The molecular formula is C24H20N4O4. The maximum Gasteiger partial charge on any atom is 0.262 e. The highest BCUT2D eigenvalue weighted by Crippen LogP contribution is 2.25. The summed E-state index contributed by atoms with van der Waals surface area (Å²) in [5.74, 6) is 0.925. The monoisotopic (exact) mass is 428 g/mol. The normalized spacial score (nSPS) is 10.4. The lowest BCUT2D eigenvalue weighted by molar-refractivity contribution is -0.118. The molecule has 32 heavy (non-hydrogen) atoms. The van der Waals surface area contributed by atoms with Gasteiger partial charge in [0.05, 0.1) is 0 Å². The number of anilines is 2. The van der Waals surface area contributed by atoms with Crippen molar-refractivity contribution in [3.63, 3.8) is 0 Å². The molecule has 160 valence electrons. The van der Waals surface area contributed by atoms with E-state index in [4.69, 9.17) is 9.15 Å². The van der Waals surface area contributed by atoms with Gasteiger partial charge in [0, 0.05) is 29.4 Å². The van der Waals surface area contributed by atoms with Gasteiger partial charge in [-0.25, -0.2) is 0 Å². The van der Waals surface area contributed by atoms with Gasteiger partial charge < -0.3 is 19.8 Å². The van der Waals surface area contributed by atoms with Crippen molar-refractivity contribution in [3.8, 4) is 28.7 Å². The van der Waals surface area contributed by atoms with Gasteiger partial charge in [0.25, 0.3) is 5.91 Å². The van der Waals surface area contributed by atoms with Crippen molar-refractivity contribution in [1.82, 2.24) is 10.2 Å². The molecule has 0 aliphatic heterocycles. The predicted molar refractivity (Wildman–Crippen MR) is 120 cm³/mol. The van der Waals surface area contributed by atoms with Crippen molar-refractivity contribution in [2.45, 2.75) is 6.92 Å². The molecule has 4 rings (SSSR count). The molecule has 0 saturated carbocycles. The number of ether oxygens (including phenoxy) is 1. The molecule has 8 nitrogen and oxygen atoms in total. The van der Waals surface area contributed by atoms with Gasteiger partial charge in [0.15, 0.2) is 6.61 Å². The van der Waals surface area contributed by atoms with E-state index in [1.165, 1.54) is 6.92 Å². The Labute approximate surface area is 184 Å². The van der Waals surface area contributed by atoms with E-state index in [-0.39, 0.29) is 18.4 Å². The zero-order valence-electron chi connectivity index (χ0n) is 17.2. The van der Waals surface area contributed by atoms with E-state index in [0.717, 1.165) is 11.1 Å². The molecule has 4 aromatic rings. The highest BCUT2D eigenvalue weighted by molar-refractivity contribution is 5.93. The highest BCUT2D eigenvalue weighted by atomic mass is 16.5. The van der Waals surface area contributed by atoms with Crippen LogP contribution >= 0.6 is 0 Å². The quantitative estimate of drug-likeness (QED) is 0.452. The molecule has 2 amide bonds. The summed E-state index contributed by atoms with van der Waals surface area (Å²) in [6, 6.07) is 23.4. The summed E-state index contributed by atoms with van der Waals surface area (Å²) in [5, 5.41) is 13.6. The molecule has 0 bridgehead atoms. The maximum absolute atomic E-state index is 12.1. The summed E-state index contributed by atoms with van der Waals surface area (Å²) < 4.78 is 11.3.